The highest BCUT2D eigenvalue weighted by molar-refractivity contribution is 7.13. The first kappa shape index (κ1) is 7.72. The van der Waals surface area contributed by atoms with Gasteiger partial charge >= 0.3 is 0 Å². The molecule has 1 aliphatic heterocycles. The molecule has 1 aromatic rings. The standard InChI is InChI=1S/C8H12NPS/c10-9-4-1-7-3-6-11-8(7)2-5-9/h3,6H,1-2,4-5,10H2. The molecule has 1 aromatic heterocycles. The second-order valence-corrected chi connectivity index (χ2v) is 4.64. The molecule has 1 atom stereocenters. The van der Waals surface area contributed by atoms with Gasteiger partial charge in [0.05, 0.1) is 0 Å². The molecule has 0 bridgehead atoms. The molecule has 0 aromatic carbocycles. The number of hydrogen-bond acceptors (Lipinski definition) is 2. The molecule has 2 rings (SSSR count). The number of hydrogen-bond donors (Lipinski definition) is 0. The first-order valence-electron chi connectivity index (χ1n) is 3.91. The van der Waals surface area contributed by atoms with E-state index in [2.05, 4.69) is 25.5 Å². The van der Waals surface area contributed by atoms with E-state index < -0.39 is 0 Å². The van der Waals surface area contributed by atoms with Crippen LogP contribution in [-0.4, -0.2) is 17.8 Å². The van der Waals surface area contributed by atoms with Crippen LogP contribution in [0.5, 0.6) is 0 Å². The Kier molecular flexibility index (Phi) is 2.26. The number of nitrogens with zero attached hydrogens (tertiary/aromatic N) is 1. The maximum Gasteiger partial charge on any atom is 0.00905 e. The van der Waals surface area contributed by atoms with E-state index in [9.17, 15) is 0 Å². The van der Waals surface area contributed by atoms with E-state index in [1.54, 1.807) is 10.4 Å². The average molecular weight is 185 g/mol. The Balaban J connectivity index is 2.20. The van der Waals surface area contributed by atoms with Gasteiger partial charge in [-0.15, -0.1) is 11.3 Å². The van der Waals surface area contributed by atoms with Gasteiger partial charge in [-0.1, -0.05) is 9.39 Å². The number of thiophene rings is 1. The fourth-order valence-electron chi connectivity index (χ4n) is 1.43. The number of rotatable bonds is 0. The summed E-state index contributed by atoms with van der Waals surface area (Å²) in [6.45, 7) is 2.38. The molecular weight excluding hydrogens is 173 g/mol. The normalized spacial score (nSPS) is 19.4. The third kappa shape index (κ3) is 1.64. The van der Waals surface area contributed by atoms with E-state index in [-0.39, 0.29) is 0 Å². The van der Waals surface area contributed by atoms with Crippen LogP contribution in [0.1, 0.15) is 10.4 Å². The lowest BCUT2D eigenvalue weighted by Gasteiger charge is -2.10. The minimum absolute atomic E-state index is 1.19. The number of fused-ring (bicyclic) bond motifs is 1. The van der Waals surface area contributed by atoms with Gasteiger partial charge < -0.3 is 0 Å². The summed E-state index contributed by atoms with van der Waals surface area (Å²) < 4.78 is 2.33. The van der Waals surface area contributed by atoms with Crippen molar-refractivity contribution in [3.8, 4) is 0 Å². The van der Waals surface area contributed by atoms with Crippen LogP contribution < -0.4 is 0 Å². The Bertz CT molecular complexity index is 223. The zero-order chi connectivity index (χ0) is 7.68. The molecule has 0 radical (unpaired) electrons. The third-order valence-corrected chi connectivity index (χ3v) is 3.67. The molecule has 1 nitrogen and oxygen atoms in total. The molecule has 1 unspecified atom stereocenters. The zero-order valence-corrected chi connectivity index (χ0v) is 8.39. The van der Waals surface area contributed by atoms with Gasteiger partial charge in [0.25, 0.3) is 0 Å². The van der Waals surface area contributed by atoms with Crippen molar-refractivity contribution in [3.63, 3.8) is 0 Å². The lowest BCUT2D eigenvalue weighted by Crippen LogP contribution is -2.13. The Morgan fingerprint density at radius 3 is 3.09 bits per heavy atom. The van der Waals surface area contributed by atoms with Crippen LogP contribution in [0.15, 0.2) is 11.4 Å². The first-order valence-corrected chi connectivity index (χ1v) is 5.31. The SMILES string of the molecule is PN1CCc2ccsc2CC1. The molecule has 11 heavy (non-hydrogen) atoms. The summed E-state index contributed by atoms with van der Waals surface area (Å²) in [5.41, 5.74) is 1.57. The molecule has 2 heterocycles. The van der Waals surface area contributed by atoms with Crippen molar-refractivity contribution < 1.29 is 0 Å². The van der Waals surface area contributed by atoms with Crippen LogP contribution in [0.25, 0.3) is 0 Å². The molecule has 0 saturated heterocycles. The molecular formula is C8H12NPS. The molecule has 0 spiro atoms. The van der Waals surface area contributed by atoms with E-state index in [0.29, 0.717) is 0 Å². The van der Waals surface area contributed by atoms with Crippen molar-refractivity contribution in [1.82, 2.24) is 4.67 Å². The fourth-order valence-corrected chi connectivity index (χ4v) is 2.62. The Morgan fingerprint density at radius 2 is 2.18 bits per heavy atom. The summed E-state index contributed by atoms with van der Waals surface area (Å²) in [6, 6.07) is 2.27. The van der Waals surface area contributed by atoms with Gasteiger partial charge in [0.15, 0.2) is 0 Å². The van der Waals surface area contributed by atoms with Crippen LogP contribution in [0.2, 0.25) is 0 Å². The minimum atomic E-state index is 1.19. The van der Waals surface area contributed by atoms with Gasteiger partial charge in [-0.05, 0) is 29.9 Å². The summed E-state index contributed by atoms with van der Waals surface area (Å²) in [4.78, 5) is 1.59. The average Bonchev–Trinajstić information content (AvgIpc) is 2.38. The summed E-state index contributed by atoms with van der Waals surface area (Å²) in [5.74, 6) is 0. The maximum atomic E-state index is 2.79. The predicted molar refractivity (Wildman–Crippen MR) is 53.0 cm³/mol. The smallest absolute Gasteiger partial charge is 0.00905 e. The predicted octanol–water partition coefficient (Wildman–Crippen LogP) is 1.94. The van der Waals surface area contributed by atoms with Crippen molar-refractivity contribution in [2.45, 2.75) is 12.8 Å². The highest BCUT2D eigenvalue weighted by Gasteiger charge is 2.10. The quantitative estimate of drug-likeness (QED) is 0.558. The van der Waals surface area contributed by atoms with Crippen molar-refractivity contribution in [3.05, 3.63) is 21.9 Å². The van der Waals surface area contributed by atoms with Gasteiger partial charge in [-0.2, -0.15) is 0 Å². The largest absolute Gasteiger partial charge is 0.287 e. The Labute approximate surface area is 73.7 Å². The van der Waals surface area contributed by atoms with E-state index in [1.807, 2.05) is 11.3 Å². The van der Waals surface area contributed by atoms with Crippen molar-refractivity contribution in [2.75, 3.05) is 13.1 Å². The lowest BCUT2D eigenvalue weighted by atomic mass is 10.2. The monoisotopic (exact) mass is 185 g/mol. The summed E-state index contributed by atoms with van der Waals surface area (Å²) >= 11 is 1.90. The van der Waals surface area contributed by atoms with E-state index in [1.165, 1.54) is 25.9 Å². The Hall–Kier alpha value is 0.0900. The molecule has 0 N–H and O–H groups in total. The van der Waals surface area contributed by atoms with Crippen LogP contribution in [0.4, 0.5) is 0 Å². The van der Waals surface area contributed by atoms with Crippen molar-refractivity contribution in [1.29, 1.82) is 0 Å². The van der Waals surface area contributed by atoms with E-state index in [4.69, 9.17) is 0 Å². The summed E-state index contributed by atoms with van der Waals surface area (Å²) in [5, 5.41) is 2.21. The first-order chi connectivity index (χ1) is 5.36. The third-order valence-electron chi connectivity index (χ3n) is 2.13. The molecule has 3 heteroatoms. The molecule has 0 fully saturated rings. The van der Waals surface area contributed by atoms with Crippen LogP contribution in [-0.2, 0) is 12.8 Å². The highest BCUT2D eigenvalue weighted by Crippen LogP contribution is 2.22. The van der Waals surface area contributed by atoms with E-state index >= 15 is 0 Å². The van der Waals surface area contributed by atoms with Gasteiger partial charge in [-0.25, -0.2) is 0 Å². The fraction of sp³-hybridized carbons (Fsp3) is 0.500. The van der Waals surface area contributed by atoms with Gasteiger partial charge in [0.1, 0.15) is 0 Å². The van der Waals surface area contributed by atoms with Gasteiger partial charge in [0.2, 0.25) is 0 Å². The highest BCUT2D eigenvalue weighted by atomic mass is 32.1. The van der Waals surface area contributed by atoms with Crippen LogP contribution in [0.3, 0.4) is 0 Å². The van der Waals surface area contributed by atoms with Crippen LogP contribution >= 0.6 is 20.7 Å². The second-order valence-electron chi connectivity index (χ2n) is 2.90. The molecule has 0 aliphatic carbocycles. The molecule has 0 saturated carbocycles. The summed E-state index contributed by atoms with van der Waals surface area (Å²) in [6.07, 6.45) is 2.46. The van der Waals surface area contributed by atoms with Gasteiger partial charge in [0, 0.05) is 18.0 Å². The zero-order valence-electron chi connectivity index (χ0n) is 6.42. The Morgan fingerprint density at radius 1 is 1.36 bits per heavy atom. The maximum absolute atomic E-state index is 2.79. The topological polar surface area (TPSA) is 3.24 Å². The van der Waals surface area contributed by atoms with Gasteiger partial charge in [-0.3, -0.25) is 4.67 Å². The summed E-state index contributed by atoms with van der Waals surface area (Å²) in [7, 11) is 2.79. The van der Waals surface area contributed by atoms with Crippen molar-refractivity contribution >= 4 is 20.7 Å². The molecule has 1 aliphatic rings. The van der Waals surface area contributed by atoms with Crippen LogP contribution in [0, 0.1) is 0 Å². The molecule has 60 valence electrons. The van der Waals surface area contributed by atoms with Crippen molar-refractivity contribution in [2.24, 2.45) is 0 Å². The molecule has 0 amide bonds. The minimum Gasteiger partial charge on any atom is -0.287 e. The second kappa shape index (κ2) is 3.22. The lowest BCUT2D eigenvalue weighted by molar-refractivity contribution is 0.493. The van der Waals surface area contributed by atoms with E-state index in [0.717, 1.165) is 0 Å².